The molecule has 1 N–H and O–H groups in total. The van der Waals surface area contributed by atoms with Crippen molar-refractivity contribution in [1.82, 2.24) is 19.8 Å². The second-order valence-electron chi connectivity index (χ2n) is 6.07. The quantitative estimate of drug-likeness (QED) is 0.858. The Morgan fingerprint density at radius 3 is 3.21 bits per heavy atom. The largest absolute Gasteiger partial charge is 0.373 e. The predicted molar refractivity (Wildman–Crippen MR) is 72.2 cm³/mol. The Labute approximate surface area is 113 Å². The molecule has 5 heteroatoms. The average molecular weight is 262 g/mol. The van der Waals surface area contributed by atoms with E-state index in [0.29, 0.717) is 18.1 Å². The molecule has 0 saturated carbocycles. The van der Waals surface area contributed by atoms with Crippen molar-refractivity contribution in [2.24, 2.45) is 0 Å². The van der Waals surface area contributed by atoms with Crippen LogP contribution >= 0.6 is 0 Å². The zero-order valence-corrected chi connectivity index (χ0v) is 11.3. The Bertz CT molecular complexity index is 442. The van der Waals surface area contributed by atoms with E-state index in [1.54, 1.807) is 0 Å². The Morgan fingerprint density at radius 2 is 2.37 bits per heavy atom. The van der Waals surface area contributed by atoms with Gasteiger partial charge in [0.1, 0.15) is 0 Å². The second kappa shape index (κ2) is 4.89. The second-order valence-corrected chi connectivity index (χ2v) is 6.07. The number of nitrogens with zero attached hydrogens (tertiary/aromatic N) is 3. The zero-order valence-electron chi connectivity index (χ0n) is 11.3. The van der Waals surface area contributed by atoms with Crippen molar-refractivity contribution >= 4 is 0 Å². The number of fused-ring (bicyclic) bond motifs is 1. The van der Waals surface area contributed by atoms with Crippen molar-refractivity contribution in [3.63, 3.8) is 0 Å². The first-order valence-corrected chi connectivity index (χ1v) is 7.46. The molecule has 0 spiro atoms. The molecule has 104 valence electrons. The van der Waals surface area contributed by atoms with Crippen LogP contribution in [0.5, 0.6) is 0 Å². The first-order chi connectivity index (χ1) is 9.40. The third kappa shape index (κ3) is 2.20. The molecule has 4 rings (SSSR count). The van der Waals surface area contributed by atoms with Gasteiger partial charge in [-0.2, -0.15) is 0 Å². The molecule has 0 aliphatic carbocycles. The van der Waals surface area contributed by atoms with Crippen LogP contribution in [0.3, 0.4) is 0 Å². The number of imidazole rings is 1. The summed E-state index contributed by atoms with van der Waals surface area (Å²) in [6.07, 6.45) is 6.97. The summed E-state index contributed by atoms with van der Waals surface area (Å²) in [6.45, 7) is 6.39. The van der Waals surface area contributed by atoms with Crippen LogP contribution in [0.4, 0.5) is 0 Å². The van der Waals surface area contributed by atoms with E-state index in [-0.39, 0.29) is 0 Å². The van der Waals surface area contributed by atoms with Crippen LogP contribution in [0.15, 0.2) is 12.5 Å². The number of nitrogens with one attached hydrogen (secondary N) is 1. The lowest BCUT2D eigenvalue weighted by Gasteiger charge is -2.36. The number of hydrogen-bond donors (Lipinski definition) is 1. The molecule has 4 heterocycles. The minimum absolute atomic E-state index is 0.329. The van der Waals surface area contributed by atoms with E-state index >= 15 is 0 Å². The summed E-state index contributed by atoms with van der Waals surface area (Å²) in [4.78, 5) is 6.93. The highest BCUT2D eigenvalue weighted by Crippen LogP contribution is 2.24. The van der Waals surface area contributed by atoms with Gasteiger partial charge in [0, 0.05) is 43.5 Å². The molecular formula is C14H22N4O. The molecule has 19 heavy (non-hydrogen) atoms. The van der Waals surface area contributed by atoms with E-state index in [4.69, 9.17) is 4.74 Å². The fourth-order valence-corrected chi connectivity index (χ4v) is 3.54. The summed E-state index contributed by atoms with van der Waals surface area (Å²) in [5.41, 5.74) is 1.37. The van der Waals surface area contributed by atoms with Gasteiger partial charge in [-0.3, -0.25) is 4.90 Å². The van der Waals surface area contributed by atoms with Crippen LogP contribution in [0.1, 0.15) is 24.5 Å². The molecule has 1 aromatic rings. The van der Waals surface area contributed by atoms with Crippen molar-refractivity contribution < 1.29 is 4.74 Å². The molecule has 3 aliphatic heterocycles. The maximum Gasteiger partial charge on any atom is 0.0949 e. The number of ether oxygens (including phenoxy) is 1. The number of aromatic nitrogens is 2. The molecule has 0 bridgehead atoms. The molecule has 2 atom stereocenters. The highest BCUT2D eigenvalue weighted by atomic mass is 16.5. The van der Waals surface area contributed by atoms with Crippen LogP contribution in [0, 0.1) is 0 Å². The first-order valence-electron chi connectivity index (χ1n) is 7.46. The maximum atomic E-state index is 6.05. The Balaban J connectivity index is 1.42. The van der Waals surface area contributed by atoms with Crippen LogP contribution in [-0.4, -0.2) is 59.4 Å². The minimum Gasteiger partial charge on any atom is -0.373 e. The third-order valence-corrected chi connectivity index (χ3v) is 4.81. The Hall–Kier alpha value is -0.910. The summed E-state index contributed by atoms with van der Waals surface area (Å²) in [5, 5.41) is 3.33. The summed E-state index contributed by atoms with van der Waals surface area (Å²) < 4.78 is 8.34. The van der Waals surface area contributed by atoms with E-state index in [2.05, 4.69) is 19.8 Å². The number of rotatable bonds is 3. The molecule has 3 fully saturated rings. The fourth-order valence-electron chi connectivity index (χ4n) is 3.54. The monoisotopic (exact) mass is 262 g/mol. The molecule has 5 nitrogen and oxygen atoms in total. The lowest BCUT2D eigenvalue weighted by Crippen LogP contribution is -2.48. The Kier molecular flexibility index (Phi) is 3.06. The molecule has 0 aromatic carbocycles. The van der Waals surface area contributed by atoms with Gasteiger partial charge in [-0.25, -0.2) is 4.98 Å². The van der Waals surface area contributed by atoms with Crippen molar-refractivity contribution in [2.45, 2.75) is 37.5 Å². The molecule has 3 saturated heterocycles. The van der Waals surface area contributed by atoms with Gasteiger partial charge in [-0.1, -0.05) is 0 Å². The van der Waals surface area contributed by atoms with Crippen molar-refractivity contribution in [3.05, 3.63) is 18.2 Å². The standard InChI is InChI=1S/C14H22N4O/c1-2-12-9-19-13(7-17(12)3-1)8-18-10-16-6-14(18)11-4-15-5-11/h6,10-13,15H,1-5,7-9H2. The SMILES string of the molecule is c1ncn(CC2CN3CCCC3CO2)c1C1CNC1. The van der Waals surface area contributed by atoms with E-state index < -0.39 is 0 Å². The average Bonchev–Trinajstić information content (AvgIpc) is 2.96. The summed E-state index contributed by atoms with van der Waals surface area (Å²) in [5.74, 6) is 0.644. The van der Waals surface area contributed by atoms with Gasteiger partial charge in [0.15, 0.2) is 0 Å². The van der Waals surface area contributed by atoms with Gasteiger partial charge in [-0.15, -0.1) is 0 Å². The lowest BCUT2D eigenvalue weighted by atomic mass is 10.00. The Morgan fingerprint density at radius 1 is 1.42 bits per heavy atom. The van der Waals surface area contributed by atoms with Crippen LogP contribution in [0.25, 0.3) is 0 Å². The van der Waals surface area contributed by atoms with Gasteiger partial charge in [0.25, 0.3) is 0 Å². The van der Waals surface area contributed by atoms with E-state index in [0.717, 1.165) is 32.8 Å². The topological polar surface area (TPSA) is 42.3 Å². The predicted octanol–water partition coefficient (Wildman–Crippen LogP) is 0.433. The normalized spacial score (nSPS) is 32.2. The molecule has 3 aliphatic rings. The zero-order chi connectivity index (χ0) is 12.7. The molecule has 0 amide bonds. The van der Waals surface area contributed by atoms with Gasteiger partial charge >= 0.3 is 0 Å². The number of hydrogen-bond acceptors (Lipinski definition) is 4. The van der Waals surface area contributed by atoms with E-state index in [9.17, 15) is 0 Å². The van der Waals surface area contributed by atoms with Crippen molar-refractivity contribution in [2.75, 3.05) is 32.8 Å². The van der Waals surface area contributed by atoms with Crippen molar-refractivity contribution in [1.29, 1.82) is 0 Å². The highest BCUT2D eigenvalue weighted by Gasteiger charge is 2.33. The van der Waals surface area contributed by atoms with Gasteiger partial charge < -0.3 is 14.6 Å². The minimum atomic E-state index is 0.329. The summed E-state index contributed by atoms with van der Waals surface area (Å²) in [7, 11) is 0. The first kappa shape index (κ1) is 11.9. The molecule has 1 aromatic heterocycles. The molecule has 2 unspecified atom stereocenters. The fraction of sp³-hybridized carbons (Fsp3) is 0.786. The van der Waals surface area contributed by atoms with Crippen LogP contribution in [-0.2, 0) is 11.3 Å². The van der Waals surface area contributed by atoms with Gasteiger partial charge in [-0.05, 0) is 19.4 Å². The van der Waals surface area contributed by atoms with Gasteiger partial charge in [0.05, 0.1) is 25.6 Å². The lowest BCUT2D eigenvalue weighted by molar-refractivity contribution is -0.0555. The van der Waals surface area contributed by atoms with Gasteiger partial charge in [0.2, 0.25) is 0 Å². The summed E-state index contributed by atoms with van der Waals surface area (Å²) >= 11 is 0. The van der Waals surface area contributed by atoms with Crippen LogP contribution in [0.2, 0.25) is 0 Å². The summed E-state index contributed by atoms with van der Waals surface area (Å²) in [6, 6.07) is 0.689. The molecule has 0 radical (unpaired) electrons. The third-order valence-electron chi connectivity index (χ3n) is 4.81. The van der Waals surface area contributed by atoms with E-state index in [1.807, 2.05) is 12.5 Å². The highest BCUT2D eigenvalue weighted by molar-refractivity contribution is 5.11. The maximum absolute atomic E-state index is 6.05. The number of morpholine rings is 1. The van der Waals surface area contributed by atoms with Crippen molar-refractivity contribution in [3.8, 4) is 0 Å². The van der Waals surface area contributed by atoms with E-state index in [1.165, 1.54) is 25.1 Å². The smallest absolute Gasteiger partial charge is 0.0949 e. The molecular weight excluding hydrogens is 240 g/mol. The van der Waals surface area contributed by atoms with Crippen LogP contribution < -0.4 is 5.32 Å².